The molecule has 5 nitrogen and oxygen atoms in total. The number of fused-ring (bicyclic) bond motifs is 3. The van der Waals surface area contributed by atoms with Gasteiger partial charge in [-0.25, -0.2) is 4.39 Å². The Bertz CT molecular complexity index is 1030. The topological polar surface area (TPSA) is 46.3 Å². The second kappa shape index (κ2) is 7.21. The standard InChI is InChI=1S/C20H19ClFN5/c1-3-26(2)12-19-25-24-18-11-23-20(14-6-4-5-7-16(14)21)15-10-13(22)8-9-17(15)27(18)19/h4-10H,3,11-12H2,1-2H3. The zero-order chi connectivity index (χ0) is 19.0. The molecule has 0 unspecified atom stereocenters. The highest BCUT2D eigenvalue weighted by Gasteiger charge is 2.24. The van der Waals surface area contributed by atoms with Crippen molar-refractivity contribution >= 4 is 17.3 Å². The van der Waals surface area contributed by atoms with Crippen LogP contribution in [0.15, 0.2) is 47.5 Å². The minimum atomic E-state index is -0.322. The third-order valence-corrected chi connectivity index (χ3v) is 5.04. The van der Waals surface area contributed by atoms with Gasteiger partial charge in [-0.05, 0) is 37.9 Å². The largest absolute Gasteiger partial charge is 0.299 e. The van der Waals surface area contributed by atoms with E-state index in [0.717, 1.165) is 29.4 Å². The molecule has 0 fully saturated rings. The van der Waals surface area contributed by atoms with Crippen molar-refractivity contribution in [2.45, 2.75) is 20.0 Å². The van der Waals surface area contributed by atoms with Crippen molar-refractivity contribution in [3.63, 3.8) is 0 Å². The molecule has 27 heavy (non-hydrogen) atoms. The molecule has 1 aromatic heterocycles. The Morgan fingerprint density at radius 2 is 1.96 bits per heavy atom. The number of rotatable bonds is 4. The van der Waals surface area contributed by atoms with Gasteiger partial charge in [-0.1, -0.05) is 36.7 Å². The van der Waals surface area contributed by atoms with E-state index in [1.807, 2.05) is 35.9 Å². The summed E-state index contributed by atoms with van der Waals surface area (Å²) in [4.78, 5) is 6.86. The van der Waals surface area contributed by atoms with E-state index in [1.54, 1.807) is 6.07 Å². The summed E-state index contributed by atoms with van der Waals surface area (Å²) in [7, 11) is 2.02. The lowest BCUT2D eigenvalue weighted by molar-refractivity contribution is 0.333. The van der Waals surface area contributed by atoms with Gasteiger partial charge in [-0.3, -0.25) is 14.5 Å². The number of aliphatic imine (C=N–C) groups is 1. The highest BCUT2D eigenvalue weighted by molar-refractivity contribution is 6.35. The minimum absolute atomic E-state index is 0.322. The number of hydrogen-bond acceptors (Lipinski definition) is 4. The molecule has 0 atom stereocenters. The molecule has 0 N–H and O–H groups in total. The number of aromatic nitrogens is 3. The van der Waals surface area contributed by atoms with Gasteiger partial charge in [-0.2, -0.15) is 0 Å². The van der Waals surface area contributed by atoms with E-state index >= 15 is 0 Å². The maximum Gasteiger partial charge on any atom is 0.159 e. The zero-order valence-electron chi connectivity index (χ0n) is 15.2. The van der Waals surface area contributed by atoms with Gasteiger partial charge in [0.25, 0.3) is 0 Å². The minimum Gasteiger partial charge on any atom is -0.299 e. The Labute approximate surface area is 162 Å². The van der Waals surface area contributed by atoms with Crippen molar-refractivity contribution in [2.24, 2.45) is 4.99 Å². The van der Waals surface area contributed by atoms with Crippen LogP contribution in [-0.4, -0.2) is 39.0 Å². The molecule has 0 radical (unpaired) electrons. The second-order valence-electron chi connectivity index (χ2n) is 6.50. The molecule has 0 spiro atoms. The Morgan fingerprint density at radius 3 is 2.74 bits per heavy atom. The van der Waals surface area contributed by atoms with Gasteiger partial charge in [0.15, 0.2) is 11.6 Å². The van der Waals surface area contributed by atoms with Crippen LogP contribution in [0.4, 0.5) is 4.39 Å². The zero-order valence-corrected chi connectivity index (χ0v) is 15.9. The number of halogens is 2. The van der Waals surface area contributed by atoms with Crippen LogP contribution < -0.4 is 0 Å². The molecule has 0 bridgehead atoms. The maximum atomic E-state index is 14.1. The monoisotopic (exact) mass is 383 g/mol. The summed E-state index contributed by atoms with van der Waals surface area (Å²) in [5, 5.41) is 9.25. The van der Waals surface area contributed by atoms with Crippen molar-refractivity contribution in [1.29, 1.82) is 0 Å². The molecule has 0 amide bonds. The number of nitrogens with zero attached hydrogens (tertiary/aromatic N) is 5. The highest BCUT2D eigenvalue weighted by Crippen LogP contribution is 2.29. The molecule has 3 aromatic rings. The summed E-state index contributed by atoms with van der Waals surface area (Å²) in [6, 6.07) is 12.2. The molecule has 138 valence electrons. The summed E-state index contributed by atoms with van der Waals surface area (Å²) in [5.74, 6) is 1.21. The maximum absolute atomic E-state index is 14.1. The van der Waals surface area contributed by atoms with E-state index in [2.05, 4.69) is 22.0 Å². The predicted molar refractivity (Wildman–Crippen MR) is 104 cm³/mol. The van der Waals surface area contributed by atoms with Crippen LogP contribution >= 0.6 is 11.6 Å². The third-order valence-electron chi connectivity index (χ3n) is 4.71. The van der Waals surface area contributed by atoms with Crippen LogP contribution in [0.2, 0.25) is 5.02 Å². The molecule has 0 saturated carbocycles. The Morgan fingerprint density at radius 1 is 1.15 bits per heavy atom. The summed E-state index contributed by atoms with van der Waals surface area (Å²) < 4.78 is 16.1. The first-order valence-electron chi connectivity index (χ1n) is 8.80. The van der Waals surface area contributed by atoms with E-state index in [1.165, 1.54) is 12.1 Å². The molecular formula is C20H19ClFN5. The van der Waals surface area contributed by atoms with Crippen molar-refractivity contribution in [3.05, 3.63) is 76.1 Å². The fourth-order valence-corrected chi connectivity index (χ4v) is 3.43. The number of hydrogen-bond donors (Lipinski definition) is 0. The summed E-state index contributed by atoms with van der Waals surface area (Å²) in [6.07, 6.45) is 0. The van der Waals surface area contributed by atoms with Gasteiger partial charge in [-0.15, -0.1) is 10.2 Å². The fourth-order valence-electron chi connectivity index (χ4n) is 3.20. The van der Waals surface area contributed by atoms with E-state index in [-0.39, 0.29) is 5.82 Å². The Kier molecular flexibility index (Phi) is 4.76. The first kappa shape index (κ1) is 17.8. The fraction of sp³-hybridized carbons (Fsp3) is 0.250. The van der Waals surface area contributed by atoms with E-state index < -0.39 is 0 Å². The van der Waals surface area contributed by atoms with Crippen LogP contribution in [0, 0.1) is 5.82 Å². The average molecular weight is 384 g/mol. The lowest BCUT2D eigenvalue weighted by Crippen LogP contribution is -2.20. The van der Waals surface area contributed by atoms with Crippen LogP contribution in [0.3, 0.4) is 0 Å². The van der Waals surface area contributed by atoms with Crippen molar-refractivity contribution in [2.75, 3.05) is 13.6 Å². The average Bonchev–Trinajstić information content (AvgIpc) is 2.98. The first-order chi connectivity index (χ1) is 13.1. The Hall–Kier alpha value is -2.57. The SMILES string of the molecule is CCN(C)Cc1nnc2n1-c1ccc(F)cc1C(c1ccccc1Cl)=NC2. The van der Waals surface area contributed by atoms with Crippen LogP contribution in [0.1, 0.15) is 29.7 Å². The van der Waals surface area contributed by atoms with E-state index in [0.29, 0.717) is 29.4 Å². The molecule has 2 heterocycles. The van der Waals surface area contributed by atoms with E-state index in [4.69, 9.17) is 16.6 Å². The van der Waals surface area contributed by atoms with Crippen LogP contribution in [-0.2, 0) is 13.1 Å². The van der Waals surface area contributed by atoms with Gasteiger partial charge < -0.3 is 0 Å². The lowest BCUT2D eigenvalue weighted by Gasteiger charge is -2.17. The highest BCUT2D eigenvalue weighted by atomic mass is 35.5. The van der Waals surface area contributed by atoms with Crippen molar-refractivity contribution in [1.82, 2.24) is 19.7 Å². The van der Waals surface area contributed by atoms with Gasteiger partial charge >= 0.3 is 0 Å². The number of benzene rings is 2. The van der Waals surface area contributed by atoms with Gasteiger partial charge in [0, 0.05) is 16.1 Å². The third kappa shape index (κ3) is 3.26. The summed E-state index contributed by atoms with van der Waals surface area (Å²) in [6.45, 7) is 3.96. The van der Waals surface area contributed by atoms with Crippen molar-refractivity contribution < 1.29 is 4.39 Å². The summed E-state index contributed by atoms with van der Waals surface area (Å²) >= 11 is 6.41. The molecule has 0 saturated heterocycles. The van der Waals surface area contributed by atoms with Crippen LogP contribution in [0.25, 0.3) is 5.69 Å². The molecule has 0 aliphatic carbocycles. The Balaban J connectivity index is 1.92. The van der Waals surface area contributed by atoms with Gasteiger partial charge in [0.2, 0.25) is 0 Å². The predicted octanol–water partition coefficient (Wildman–Crippen LogP) is 3.86. The summed E-state index contributed by atoms with van der Waals surface area (Å²) in [5.41, 5.74) is 2.93. The normalized spacial score (nSPS) is 13.1. The van der Waals surface area contributed by atoms with E-state index in [9.17, 15) is 4.39 Å². The van der Waals surface area contributed by atoms with Crippen molar-refractivity contribution in [3.8, 4) is 5.69 Å². The van der Waals surface area contributed by atoms with Crippen LogP contribution in [0.5, 0.6) is 0 Å². The lowest BCUT2D eigenvalue weighted by atomic mass is 10.00. The molecule has 7 heteroatoms. The first-order valence-corrected chi connectivity index (χ1v) is 9.17. The second-order valence-corrected chi connectivity index (χ2v) is 6.91. The quantitative estimate of drug-likeness (QED) is 0.687. The molecule has 2 aromatic carbocycles. The smallest absolute Gasteiger partial charge is 0.159 e. The molecular weight excluding hydrogens is 365 g/mol. The molecule has 1 aliphatic heterocycles. The van der Waals surface area contributed by atoms with Gasteiger partial charge in [0.05, 0.1) is 17.9 Å². The van der Waals surface area contributed by atoms with Gasteiger partial charge in [0.1, 0.15) is 12.4 Å². The molecule has 4 rings (SSSR count). The molecule has 1 aliphatic rings.